The van der Waals surface area contributed by atoms with E-state index in [4.69, 9.17) is 10.00 Å². The summed E-state index contributed by atoms with van der Waals surface area (Å²) in [5.41, 5.74) is 2.73. The molecule has 0 aliphatic carbocycles. The Labute approximate surface area is 152 Å². The molecule has 26 heavy (non-hydrogen) atoms. The Balaban J connectivity index is 1.77. The molecule has 1 aromatic carbocycles. The first kappa shape index (κ1) is 18.1. The number of piperidine rings is 1. The SMILES string of the molecule is Cc1cc2c(cc1C#N)[nH]c(=O)n2C1CCN(C(=O)OCC(C)C)CC1. The lowest BCUT2D eigenvalue weighted by Crippen LogP contribution is -2.41. The van der Waals surface area contributed by atoms with Crippen LogP contribution in [0.4, 0.5) is 4.79 Å². The molecule has 138 valence electrons. The van der Waals surface area contributed by atoms with Crippen LogP contribution in [0.15, 0.2) is 16.9 Å². The Morgan fingerprint density at radius 1 is 1.38 bits per heavy atom. The number of likely N-dealkylation sites (tertiary alicyclic amines) is 1. The normalized spacial score (nSPS) is 15.4. The molecule has 0 saturated carbocycles. The van der Waals surface area contributed by atoms with E-state index in [1.807, 2.05) is 26.8 Å². The highest BCUT2D eigenvalue weighted by atomic mass is 16.6. The van der Waals surface area contributed by atoms with Crippen molar-refractivity contribution in [3.63, 3.8) is 0 Å². The summed E-state index contributed by atoms with van der Waals surface area (Å²) < 4.78 is 7.05. The van der Waals surface area contributed by atoms with Crippen LogP contribution in [-0.4, -0.2) is 40.2 Å². The second kappa shape index (κ2) is 7.24. The highest BCUT2D eigenvalue weighted by Gasteiger charge is 2.27. The number of amides is 1. The van der Waals surface area contributed by atoms with Gasteiger partial charge in [-0.3, -0.25) is 4.57 Å². The van der Waals surface area contributed by atoms with Crippen molar-refractivity contribution in [1.29, 1.82) is 5.26 Å². The lowest BCUT2D eigenvalue weighted by atomic mass is 10.0. The zero-order chi connectivity index (χ0) is 18.8. The van der Waals surface area contributed by atoms with Crippen LogP contribution in [0.2, 0.25) is 0 Å². The van der Waals surface area contributed by atoms with Crippen molar-refractivity contribution < 1.29 is 9.53 Å². The standard InChI is InChI=1S/C19H24N4O3/c1-12(2)11-26-19(25)22-6-4-15(5-7-22)23-17-8-13(3)14(10-20)9-16(17)21-18(23)24/h8-9,12,15H,4-7,11H2,1-3H3,(H,21,24). The fourth-order valence-electron chi connectivity index (χ4n) is 3.40. The summed E-state index contributed by atoms with van der Waals surface area (Å²) in [5, 5.41) is 9.16. The molecule has 0 unspecified atom stereocenters. The number of imidazole rings is 1. The first-order valence-corrected chi connectivity index (χ1v) is 8.97. The Kier molecular flexibility index (Phi) is 5.03. The molecule has 1 amide bonds. The Morgan fingerprint density at radius 3 is 2.69 bits per heavy atom. The molecular weight excluding hydrogens is 332 g/mol. The van der Waals surface area contributed by atoms with Crippen LogP contribution in [0.5, 0.6) is 0 Å². The van der Waals surface area contributed by atoms with Crippen LogP contribution in [0.25, 0.3) is 11.0 Å². The van der Waals surface area contributed by atoms with Crippen molar-refractivity contribution in [2.24, 2.45) is 5.92 Å². The zero-order valence-corrected chi connectivity index (χ0v) is 15.4. The summed E-state index contributed by atoms with van der Waals surface area (Å²) in [5.74, 6) is 0.308. The Bertz CT molecular complexity index is 911. The van der Waals surface area contributed by atoms with Crippen molar-refractivity contribution >= 4 is 17.1 Å². The number of fused-ring (bicyclic) bond motifs is 1. The predicted octanol–water partition coefficient (Wildman–Crippen LogP) is 2.94. The van der Waals surface area contributed by atoms with Crippen LogP contribution in [0, 0.1) is 24.2 Å². The van der Waals surface area contributed by atoms with E-state index in [1.165, 1.54) is 0 Å². The maximum atomic E-state index is 12.5. The largest absolute Gasteiger partial charge is 0.449 e. The van der Waals surface area contributed by atoms with Gasteiger partial charge in [-0.05, 0) is 43.4 Å². The molecule has 0 spiro atoms. The maximum Gasteiger partial charge on any atom is 0.409 e. The zero-order valence-electron chi connectivity index (χ0n) is 15.4. The third-order valence-electron chi connectivity index (χ3n) is 4.81. The fraction of sp³-hybridized carbons (Fsp3) is 0.526. The maximum absolute atomic E-state index is 12.5. The molecule has 1 N–H and O–H groups in total. The van der Waals surface area contributed by atoms with E-state index in [9.17, 15) is 9.59 Å². The van der Waals surface area contributed by atoms with Gasteiger partial charge in [0.2, 0.25) is 0 Å². The number of nitrogens with one attached hydrogen (secondary N) is 1. The average molecular weight is 356 g/mol. The highest BCUT2D eigenvalue weighted by molar-refractivity contribution is 5.78. The fourth-order valence-corrected chi connectivity index (χ4v) is 3.40. The van der Waals surface area contributed by atoms with Gasteiger partial charge in [0, 0.05) is 19.1 Å². The molecule has 0 atom stereocenters. The van der Waals surface area contributed by atoms with E-state index < -0.39 is 0 Å². The Hall–Kier alpha value is -2.75. The third kappa shape index (κ3) is 3.45. The number of aryl methyl sites for hydroxylation is 1. The van der Waals surface area contributed by atoms with Gasteiger partial charge in [0.15, 0.2) is 0 Å². The van der Waals surface area contributed by atoms with Crippen LogP contribution >= 0.6 is 0 Å². The van der Waals surface area contributed by atoms with Gasteiger partial charge < -0.3 is 14.6 Å². The topological polar surface area (TPSA) is 91.1 Å². The average Bonchev–Trinajstić information content (AvgIpc) is 2.93. The minimum atomic E-state index is -0.280. The summed E-state index contributed by atoms with van der Waals surface area (Å²) in [7, 11) is 0. The molecule has 1 aromatic heterocycles. The van der Waals surface area contributed by atoms with Crippen LogP contribution in [0.1, 0.15) is 43.9 Å². The number of aromatic amines is 1. The van der Waals surface area contributed by atoms with E-state index in [-0.39, 0.29) is 17.8 Å². The van der Waals surface area contributed by atoms with Crippen molar-refractivity contribution in [2.75, 3.05) is 19.7 Å². The van der Waals surface area contributed by atoms with E-state index >= 15 is 0 Å². The van der Waals surface area contributed by atoms with Gasteiger partial charge in [-0.15, -0.1) is 0 Å². The van der Waals surface area contributed by atoms with Gasteiger partial charge in [0.1, 0.15) is 0 Å². The van der Waals surface area contributed by atoms with Crippen LogP contribution < -0.4 is 5.69 Å². The number of H-pyrrole nitrogens is 1. The number of nitrogens with zero attached hydrogens (tertiary/aromatic N) is 3. The highest BCUT2D eigenvalue weighted by Crippen LogP contribution is 2.26. The van der Waals surface area contributed by atoms with Crippen LogP contribution in [-0.2, 0) is 4.74 Å². The summed E-state index contributed by atoms with van der Waals surface area (Å²) >= 11 is 0. The van der Waals surface area contributed by atoms with E-state index in [0.717, 1.165) is 11.1 Å². The van der Waals surface area contributed by atoms with Gasteiger partial charge in [0.25, 0.3) is 0 Å². The van der Waals surface area contributed by atoms with Crippen molar-refractivity contribution in [2.45, 2.75) is 39.7 Å². The predicted molar refractivity (Wildman–Crippen MR) is 98.0 cm³/mol. The molecule has 0 radical (unpaired) electrons. The number of carbonyl (C=O) groups is 1. The van der Waals surface area contributed by atoms with Gasteiger partial charge in [-0.1, -0.05) is 13.8 Å². The first-order chi connectivity index (χ1) is 12.4. The lowest BCUT2D eigenvalue weighted by molar-refractivity contribution is 0.0798. The Morgan fingerprint density at radius 2 is 2.08 bits per heavy atom. The number of ether oxygens (including phenoxy) is 1. The van der Waals surface area contributed by atoms with Gasteiger partial charge in [-0.25, -0.2) is 9.59 Å². The molecule has 0 bridgehead atoms. The number of benzene rings is 1. The number of rotatable bonds is 3. The van der Waals surface area contributed by atoms with Crippen molar-refractivity contribution in [3.8, 4) is 6.07 Å². The number of aromatic nitrogens is 2. The minimum Gasteiger partial charge on any atom is -0.449 e. The molecule has 3 rings (SSSR count). The van der Waals surface area contributed by atoms with Crippen molar-refractivity contribution in [3.05, 3.63) is 33.7 Å². The summed E-state index contributed by atoms with van der Waals surface area (Å²) in [4.78, 5) is 29.1. The molecule has 1 fully saturated rings. The van der Waals surface area contributed by atoms with Crippen molar-refractivity contribution in [1.82, 2.24) is 14.5 Å². The van der Waals surface area contributed by atoms with E-state index in [0.29, 0.717) is 49.5 Å². The first-order valence-electron chi connectivity index (χ1n) is 8.97. The lowest BCUT2D eigenvalue weighted by Gasteiger charge is -2.32. The van der Waals surface area contributed by atoms with E-state index in [1.54, 1.807) is 15.5 Å². The summed E-state index contributed by atoms with van der Waals surface area (Å²) in [6, 6.07) is 5.78. The van der Waals surface area contributed by atoms with Gasteiger partial charge >= 0.3 is 11.8 Å². The molecule has 1 aliphatic heterocycles. The minimum absolute atomic E-state index is 0.0257. The number of hydrogen-bond acceptors (Lipinski definition) is 4. The van der Waals surface area contributed by atoms with Gasteiger partial charge in [-0.2, -0.15) is 5.26 Å². The monoisotopic (exact) mass is 356 g/mol. The van der Waals surface area contributed by atoms with Gasteiger partial charge in [0.05, 0.1) is 29.3 Å². The smallest absolute Gasteiger partial charge is 0.409 e. The summed E-state index contributed by atoms with van der Waals surface area (Å²) in [6.07, 6.45) is 1.11. The number of carbonyl (C=O) groups excluding carboxylic acids is 1. The molecule has 2 aromatic rings. The molecule has 1 aliphatic rings. The quantitative estimate of drug-likeness (QED) is 0.915. The third-order valence-corrected chi connectivity index (χ3v) is 4.81. The second-order valence-corrected chi connectivity index (χ2v) is 7.29. The summed E-state index contributed by atoms with van der Waals surface area (Å²) in [6.45, 7) is 7.42. The number of nitriles is 1. The molecule has 1 saturated heterocycles. The van der Waals surface area contributed by atoms with Crippen LogP contribution in [0.3, 0.4) is 0 Å². The molecular formula is C19H24N4O3. The molecule has 7 heteroatoms. The number of hydrogen-bond donors (Lipinski definition) is 1. The second-order valence-electron chi connectivity index (χ2n) is 7.29. The molecule has 7 nitrogen and oxygen atoms in total. The molecule has 2 heterocycles. The van der Waals surface area contributed by atoms with E-state index in [2.05, 4.69) is 11.1 Å².